The van der Waals surface area contributed by atoms with E-state index in [-0.39, 0.29) is 24.3 Å². The first kappa shape index (κ1) is 28.6. The van der Waals surface area contributed by atoms with Crippen LogP contribution in [0.5, 0.6) is 5.75 Å². The first-order valence-electron chi connectivity index (χ1n) is 13.9. The monoisotopic (exact) mass is 524 g/mol. The van der Waals surface area contributed by atoms with Gasteiger partial charge in [0.1, 0.15) is 17.4 Å². The maximum atomic E-state index is 12.7. The van der Waals surface area contributed by atoms with Gasteiger partial charge < -0.3 is 35.3 Å². The van der Waals surface area contributed by atoms with E-state index in [4.69, 9.17) is 30.0 Å². The Morgan fingerprint density at radius 2 is 1.79 bits per heavy atom. The van der Waals surface area contributed by atoms with Crippen molar-refractivity contribution in [3.8, 4) is 16.9 Å². The van der Waals surface area contributed by atoms with Crippen LogP contribution in [0, 0.1) is 5.92 Å². The Labute approximate surface area is 226 Å². The maximum Gasteiger partial charge on any atom is 0.451 e. The molecule has 0 amide bonds. The topological polar surface area (TPSA) is 123 Å². The van der Waals surface area contributed by atoms with Crippen molar-refractivity contribution in [3.63, 3.8) is 0 Å². The van der Waals surface area contributed by atoms with Gasteiger partial charge >= 0.3 is 13.1 Å². The predicted octanol–water partition coefficient (Wildman–Crippen LogP) is 3.29. The van der Waals surface area contributed by atoms with E-state index < -0.39 is 12.7 Å². The molecule has 2 aromatic carbocycles. The smallest absolute Gasteiger partial charge is 0.451 e. The summed E-state index contributed by atoms with van der Waals surface area (Å²) in [5, 5.41) is 21.7. The Morgan fingerprint density at radius 3 is 2.39 bits per heavy atom. The summed E-state index contributed by atoms with van der Waals surface area (Å²) in [7, 11) is -1.33. The Morgan fingerprint density at radius 1 is 1.11 bits per heavy atom. The fourth-order valence-electron chi connectivity index (χ4n) is 5.29. The van der Waals surface area contributed by atoms with Crippen LogP contribution in [0.15, 0.2) is 48.5 Å². The van der Waals surface area contributed by atoms with Crippen LogP contribution >= 0.6 is 0 Å². The van der Waals surface area contributed by atoms with Gasteiger partial charge in [0.2, 0.25) is 0 Å². The van der Waals surface area contributed by atoms with Crippen molar-refractivity contribution in [2.45, 2.75) is 76.0 Å². The minimum absolute atomic E-state index is 0.0497. The van der Waals surface area contributed by atoms with Crippen LogP contribution in [0.25, 0.3) is 11.1 Å². The molecule has 2 aliphatic rings. The van der Waals surface area contributed by atoms with Gasteiger partial charge in [-0.15, -0.1) is 0 Å². The van der Waals surface area contributed by atoms with Gasteiger partial charge in [-0.1, -0.05) is 49.2 Å². The summed E-state index contributed by atoms with van der Waals surface area (Å²) in [6.07, 6.45) is 4.75. The number of hydrogen-bond donors (Lipinski definition) is 4. The fraction of sp³-hybridized carbons (Fsp3) is 0.552. The number of benzene rings is 2. The number of nitrogens with two attached hydrogens (primary N) is 1. The standard InChI is InChI=1S/C29H41BN2O6/c1-2-37-28(33)29(31,14-3-4-15-30(34)35)24-17-25(18-24)32-19-21-5-7-22(8-6-21)23-9-11-26(12-10-23)38-27-13-16-36-20-27/h5-12,24-25,27,32,34-35H,2-4,13-20,31H2,1H3. The number of ether oxygens (including phenoxy) is 3. The molecule has 38 heavy (non-hydrogen) atoms. The molecule has 9 heteroatoms. The third kappa shape index (κ3) is 7.58. The van der Waals surface area contributed by atoms with E-state index in [1.807, 2.05) is 12.1 Å². The van der Waals surface area contributed by atoms with Crippen LogP contribution in [0.2, 0.25) is 6.32 Å². The summed E-state index contributed by atoms with van der Waals surface area (Å²) >= 11 is 0. The zero-order chi connectivity index (χ0) is 27.0. The summed E-state index contributed by atoms with van der Waals surface area (Å²) in [5.41, 5.74) is 9.08. The summed E-state index contributed by atoms with van der Waals surface area (Å²) in [6, 6.07) is 17.0. The van der Waals surface area contributed by atoms with Crippen LogP contribution in [0.3, 0.4) is 0 Å². The van der Waals surface area contributed by atoms with E-state index in [0.29, 0.717) is 38.5 Å². The molecule has 1 aliphatic heterocycles. The SMILES string of the molecule is CCOC(=O)C(N)(CCCCB(O)O)C1CC(NCc2ccc(-c3ccc(OC4CCOC4)cc3)cc2)C1. The number of rotatable bonds is 14. The number of carbonyl (C=O) groups excluding carboxylic acids is 1. The van der Waals surface area contributed by atoms with Crippen LogP contribution in [-0.2, 0) is 20.8 Å². The average Bonchev–Trinajstić information content (AvgIpc) is 3.40. The molecule has 2 atom stereocenters. The molecule has 4 rings (SSSR count). The summed E-state index contributed by atoms with van der Waals surface area (Å²) in [4.78, 5) is 12.7. The van der Waals surface area contributed by atoms with Gasteiger partial charge in [0.25, 0.3) is 0 Å². The quantitative estimate of drug-likeness (QED) is 0.169. The molecule has 0 aromatic heterocycles. The maximum absolute atomic E-state index is 12.7. The van der Waals surface area contributed by atoms with Crippen molar-refractivity contribution in [1.82, 2.24) is 5.32 Å². The normalized spacial score (nSPS) is 22.4. The molecule has 206 valence electrons. The highest BCUT2D eigenvalue weighted by Crippen LogP contribution is 2.39. The molecule has 1 heterocycles. The number of unbranched alkanes of at least 4 members (excludes halogenated alkanes) is 1. The largest absolute Gasteiger partial charge is 0.488 e. The molecule has 5 N–H and O–H groups in total. The van der Waals surface area contributed by atoms with Gasteiger partial charge in [0, 0.05) is 19.0 Å². The highest BCUT2D eigenvalue weighted by Gasteiger charge is 2.48. The second-order valence-electron chi connectivity index (χ2n) is 10.6. The van der Waals surface area contributed by atoms with Crippen molar-refractivity contribution >= 4 is 13.1 Å². The second-order valence-corrected chi connectivity index (χ2v) is 10.6. The number of esters is 1. The van der Waals surface area contributed by atoms with Crippen LogP contribution in [0.4, 0.5) is 0 Å². The van der Waals surface area contributed by atoms with Crippen molar-refractivity contribution < 1.29 is 29.1 Å². The van der Waals surface area contributed by atoms with E-state index in [2.05, 4.69) is 41.7 Å². The molecular weight excluding hydrogens is 483 g/mol. The molecule has 2 aromatic rings. The van der Waals surface area contributed by atoms with Crippen molar-refractivity contribution in [1.29, 1.82) is 0 Å². The third-order valence-electron chi connectivity index (χ3n) is 7.75. The van der Waals surface area contributed by atoms with E-state index in [1.165, 1.54) is 5.56 Å². The number of nitrogens with one attached hydrogen (secondary N) is 1. The lowest BCUT2D eigenvalue weighted by Crippen LogP contribution is -2.61. The lowest BCUT2D eigenvalue weighted by molar-refractivity contribution is -0.154. The first-order chi connectivity index (χ1) is 18.4. The second kappa shape index (κ2) is 13.6. The van der Waals surface area contributed by atoms with Gasteiger partial charge in [0.15, 0.2) is 0 Å². The van der Waals surface area contributed by atoms with Crippen molar-refractivity contribution in [2.24, 2.45) is 11.7 Å². The summed E-state index contributed by atoms with van der Waals surface area (Å²) in [6.45, 7) is 4.26. The van der Waals surface area contributed by atoms with E-state index in [1.54, 1.807) is 6.92 Å². The zero-order valence-corrected chi connectivity index (χ0v) is 22.3. The highest BCUT2D eigenvalue weighted by atomic mass is 16.5. The molecule has 2 unspecified atom stereocenters. The molecule has 0 bridgehead atoms. The van der Waals surface area contributed by atoms with Gasteiger partial charge in [-0.2, -0.15) is 0 Å². The Hall–Kier alpha value is -2.43. The van der Waals surface area contributed by atoms with Crippen LogP contribution in [-0.4, -0.2) is 60.6 Å². The molecule has 1 aliphatic carbocycles. The molecule has 0 spiro atoms. The highest BCUT2D eigenvalue weighted by molar-refractivity contribution is 6.40. The lowest BCUT2D eigenvalue weighted by Gasteiger charge is -2.45. The van der Waals surface area contributed by atoms with Gasteiger partial charge in [0.05, 0.1) is 19.8 Å². The summed E-state index contributed by atoms with van der Waals surface area (Å²) in [5.74, 6) is 0.571. The molecule has 0 radical (unpaired) electrons. The van der Waals surface area contributed by atoms with Crippen LogP contribution < -0.4 is 15.8 Å². The van der Waals surface area contributed by atoms with Crippen LogP contribution in [0.1, 0.15) is 51.0 Å². The van der Waals surface area contributed by atoms with E-state index >= 15 is 0 Å². The first-order valence-corrected chi connectivity index (χ1v) is 13.9. The molecular formula is C29H41BN2O6. The molecule has 2 fully saturated rings. The van der Waals surface area contributed by atoms with Gasteiger partial charge in [-0.25, -0.2) is 0 Å². The van der Waals surface area contributed by atoms with E-state index in [9.17, 15) is 4.79 Å². The van der Waals surface area contributed by atoms with Gasteiger partial charge in [-0.05, 0) is 67.2 Å². The average molecular weight is 524 g/mol. The number of carbonyl (C=O) groups is 1. The zero-order valence-electron chi connectivity index (χ0n) is 22.3. The predicted molar refractivity (Wildman–Crippen MR) is 147 cm³/mol. The Bertz CT molecular complexity index is 1010. The minimum atomic E-state index is -1.33. The van der Waals surface area contributed by atoms with Crippen molar-refractivity contribution in [2.75, 3.05) is 19.8 Å². The fourth-order valence-corrected chi connectivity index (χ4v) is 5.29. The van der Waals surface area contributed by atoms with E-state index in [0.717, 1.165) is 49.3 Å². The summed E-state index contributed by atoms with van der Waals surface area (Å²) < 4.78 is 16.6. The van der Waals surface area contributed by atoms with Gasteiger partial charge in [-0.3, -0.25) is 4.79 Å². The Kier molecular flexibility index (Phi) is 10.2. The third-order valence-corrected chi connectivity index (χ3v) is 7.75. The molecule has 8 nitrogen and oxygen atoms in total. The minimum Gasteiger partial charge on any atom is -0.488 e. The Balaban J connectivity index is 1.23. The molecule has 1 saturated carbocycles. The molecule has 1 saturated heterocycles. The van der Waals surface area contributed by atoms with Crippen molar-refractivity contribution in [3.05, 3.63) is 54.1 Å². The lowest BCUT2D eigenvalue weighted by atomic mass is 9.66. The number of hydrogen-bond acceptors (Lipinski definition) is 8.